The molecule has 0 radical (unpaired) electrons. The fourth-order valence-corrected chi connectivity index (χ4v) is 4.47. The van der Waals surface area contributed by atoms with E-state index in [0.717, 1.165) is 36.9 Å². The van der Waals surface area contributed by atoms with Crippen molar-refractivity contribution >= 4 is 29.1 Å². The Labute approximate surface area is 146 Å². The van der Waals surface area contributed by atoms with Crippen molar-refractivity contribution in [3.8, 4) is 0 Å². The molecule has 1 aromatic carbocycles. The van der Waals surface area contributed by atoms with E-state index in [0.29, 0.717) is 23.1 Å². The molecule has 1 aromatic rings. The minimum absolute atomic E-state index is 0.0586. The highest BCUT2D eigenvalue weighted by Gasteiger charge is 2.50. The van der Waals surface area contributed by atoms with Crippen LogP contribution in [0.3, 0.4) is 0 Å². The Bertz CT molecular complexity index is 660. The van der Waals surface area contributed by atoms with E-state index < -0.39 is 0 Å². The van der Waals surface area contributed by atoms with Gasteiger partial charge in [0, 0.05) is 29.7 Å². The number of amides is 1. The number of halogens is 2. The van der Waals surface area contributed by atoms with Gasteiger partial charge in [0.25, 0.3) is 5.91 Å². The van der Waals surface area contributed by atoms with Crippen molar-refractivity contribution in [1.82, 2.24) is 10.2 Å². The second-order valence-electron chi connectivity index (χ2n) is 6.84. The number of rotatable bonds is 1. The Balaban J connectivity index is 1.57. The summed E-state index contributed by atoms with van der Waals surface area (Å²) in [4.78, 5) is 14.9. The Morgan fingerprint density at radius 1 is 1.39 bits per heavy atom. The molecule has 1 amide bonds. The standard InChI is InChI=1S/C17H20Cl2N2O2/c1-10-15-11(6-12(18)7-13(15)19)2-5-21(10)16(22)14-8-20-9-17(23-14)3-4-17/h6-7,10,14,20H,2-5,8-9H2,1H3/t10-,14+/m0/s1. The highest BCUT2D eigenvalue weighted by atomic mass is 35.5. The van der Waals surface area contributed by atoms with E-state index in [1.165, 1.54) is 0 Å². The number of hydrogen-bond acceptors (Lipinski definition) is 3. The van der Waals surface area contributed by atoms with Crippen LogP contribution in [0.5, 0.6) is 0 Å². The monoisotopic (exact) mass is 354 g/mol. The molecule has 6 heteroatoms. The molecule has 2 fully saturated rings. The average Bonchev–Trinajstić information content (AvgIpc) is 3.25. The van der Waals surface area contributed by atoms with Crippen LogP contribution in [-0.2, 0) is 16.0 Å². The van der Waals surface area contributed by atoms with Crippen molar-refractivity contribution < 1.29 is 9.53 Å². The molecule has 2 atom stereocenters. The van der Waals surface area contributed by atoms with Gasteiger partial charge in [0.15, 0.2) is 0 Å². The smallest absolute Gasteiger partial charge is 0.253 e. The molecule has 0 unspecified atom stereocenters. The highest BCUT2D eigenvalue weighted by Crippen LogP contribution is 2.42. The van der Waals surface area contributed by atoms with E-state index in [1.54, 1.807) is 6.07 Å². The minimum atomic E-state index is -0.388. The highest BCUT2D eigenvalue weighted by molar-refractivity contribution is 6.35. The zero-order valence-electron chi connectivity index (χ0n) is 13.1. The molecule has 0 aromatic heterocycles. The van der Waals surface area contributed by atoms with Gasteiger partial charge in [-0.05, 0) is 49.4 Å². The topological polar surface area (TPSA) is 41.6 Å². The van der Waals surface area contributed by atoms with E-state index in [9.17, 15) is 4.79 Å². The van der Waals surface area contributed by atoms with Gasteiger partial charge in [-0.25, -0.2) is 0 Å². The summed E-state index contributed by atoms with van der Waals surface area (Å²) in [7, 11) is 0. The molecule has 124 valence electrons. The van der Waals surface area contributed by atoms with Gasteiger partial charge in [-0.3, -0.25) is 4.79 Å². The lowest BCUT2D eigenvalue weighted by atomic mass is 9.93. The first kappa shape index (κ1) is 15.7. The van der Waals surface area contributed by atoms with Crippen molar-refractivity contribution in [2.75, 3.05) is 19.6 Å². The molecule has 0 bridgehead atoms. The third kappa shape index (κ3) is 2.76. The molecule has 1 aliphatic carbocycles. The summed E-state index contributed by atoms with van der Waals surface area (Å²) >= 11 is 12.5. The number of morpholine rings is 1. The molecule has 4 rings (SSSR count). The zero-order valence-corrected chi connectivity index (χ0v) is 14.6. The summed E-state index contributed by atoms with van der Waals surface area (Å²) in [5.74, 6) is 0.0626. The lowest BCUT2D eigenvalue weighted by Crippen LogP contribution is -2.54. The van der Waals surface area contributed by atoms with Gasteiger partial charge in [-0.2, -0.15) is 0 Å². The van der Waals surface area contributed by atoms with Crippen LogP contribution >= 0.6 is 23.2 Å². The van der Waals surface area contributed by atoms with Crippen LogP contribution in [0.25, 0.3) is 0 Å². The van der Waals surface area contributed by atoms with Crippen LogP contribution in [0.1, 0.15) is 36.9 Å². The number of fused-ring (bicyclic) bond motifs is 1. The summed E-state index contributed by atoms with van der Waals surface area (Å²) in [5.41, 5.74) is 2.07. The summed E-state index contributed by atoms with van der Waals surface area (Å²) in [6.07, 6.45) is 2.48. The number of carbonyl (C=O) groups is 1. The molecule has 1 spiro atoms. The first-order valence-electron chi connectivity index (χ1n) is 8.16. The van der Waals surface area contributed by atoms with Crippen molar-refractivity contribution in [2.45, 2.75) is 43.9 Å². The van der Waals surface area contributed by atoms with E-state index in [1.807, 2.05) is 17.9 Å². The molecule has 1 saturated carbocycles. The molecular weight excluding hydrogens is 335 g/mol. The maximum absolute atomic E-state index is 13.0. The number of ether oxygens (including phenoxy) is 1. The fraction of sp³-hybridized carbons (Fsp3) is 0.588. The van der Waals surface area contributed by atoms with Gasteiger partial charge < -0.3 is 15.0 Å². The zero-order chi connectivity index (χ0) is 16.2. The Morgan fingerprint density at radius 2 is 2.17 bits per heavy atom. The van der Waals surface area contributed by atoms with E-state index in [-0.39, 0.29) is 23.7 Å². The predicted molar refractivity (Wildman–Crippen MR) is 90.0 cm³/mol. The Morgan fingerprint density at radius 3 is 2.91 bits per heavy atom. The van der Waals surface area contributed by atoms with Crippen LogP contribution in [0, 0.1) is 0 Å². The van der Waals surface area contributed by atoms with Crippen molar-refractivity contribution in [2.24, 2.45) is 0 Å². The van der Waals surface area contributed by atoms with Crippen LogP contribution in [-0.4, -0.2) is 42.1 Å². The summed E-state index contributed by atoms with van der Waals surface area (Å²) < 4.78 is 6.08. The van der Waals surface area contributed by atoms with Crippen LogP contribution < -0.4 is 5.32 Å². The quantitative estimate of drug-likeness (QED) is 0.842. The summed E-state index contributed by atoms with van der Waals surface area (Å²) in [5, 5.41) is 4.63. The normalized spacial score (nSPS) is 28.6. The van der Waals surface area contributed by atoms with Crippen molar-refractivity contribution in [1.29, 1.82) is 0 Å². The fourth-order valence-electron chi connectivity index (χ4n) is 3.78. The van der Waals surface area contributed by atoms with Crippen LogP contribution in [0.2, 0.25) is 10.0 Å². The van der Waals surface area contributed by atoms with Gasteiger partial charge in [0.1, 0.15) is 6.10 Å². The second-order valence-corrected chi connectivity index (χ2v) is 7.68. The lowest BCUT2D eigenvalue weighted by Gasteiger charge is -2.40. The first-order valence-corrected chi connectivity index (χ1v) is 8.91. The largest absolute Gasteiger partial charge is 0.359 e. The number of nitrogens with zero attached hydrogens (tertiary/aromatic N) is 1. The SMILES string of the molecule is C[C@H]1c2c(Cl)cc(Cl)cc2CCN1C(=O)[C@H]1CNCC2(CC2)O1. The lowest BCUT2D eigenvalue weighted by molar-refractivity contribution is -0.155. The Kier molecular flexibility index (Phi) is 3.84. The summed E-state index contributed by atoms with van der Waals surface area (Å²) in [6, 6.07) is 3.65. The molecule has 2 heterocycles. The number of nitrogens with one attached hydrogen (secondary N) is 1. The number of benzene rings is 1. The average molecular weight is 355 g/mol. The second kappa shape index (κ2) is 5.62. The minimum Gasteiger partial charge on any atom is -0.359 e. The third-order valence-electron chi connectivity index (χ3n) is 5.22. The number of hydrogen-bond donors (Lipinski definition) is 1. The molecule has 2 aliphatic heterocycles. The van der Waals surface area contributed by atoms with Gasteiger partial charge in [0.2, 0.25) is 0 Å². The molecule has 4 nitrogen and oxygen atoms in total. The maximum Gasteiger partial charge on any atom is 0.253 e. The van der Waals surface area contributed by atoms with E-state index >= 15 is 0 Å². The van der Waals surface area contributed by atoms with E-state index in [2.05, 4.69) is 5.32 Å². The number of carbonyl (C=O) groups excluding carboxylic acids is 1. The van der Waals surface area contributed by atoms with Gasteiger partial charge in [-0.15, -0.1) is 0 Å². The third-order valence-corrected chi connectivity index (χ3v) is 5.75. The van der Waals surface area contributed by atoms with E-state index in [4.69, 9.17) is 27.9 Å². The van der Waals surface area contributed by atoms with Crippen LogP contribution in [0.4, 0.5) is 0 Å². The van der Waals surface area contributed by atoms with Gasteiger partial charge in [0.05, 0.1) is 11.6 Å². The Hall–Kier alpha value is -0.810. The first-order chi connectivity index (χ1) is 11.0. The predicted octanol–water partition coefficient (Wildman–Crippen LogP) is 2.96. The van der Waals surface area contributed by atoms with Gasteiger partial charge in [-0.1, -0.05) is 23.2 Å². The molecule has 1 saturated heterocycles. The van der Waals surface area contributed by atoms with Crippen molar-refractivity contribution in [3.63, 3.8) is 0 Å². The van der Waals surface area contributed by atoms with Crippen LogP contribution in [0.15, 0.2) is 12.1 Å². The van der Waals surface area contributed by atoms with Gasteiger partial charge >= 0.3 is 0 Å². The summed E-state index contributed by atoms with van der Waals surface area (Å²) in [6.45, 7) is 4.15. The van der Waals surface area contributed by atoms with Crippen molar-refractivity contribution in [3.05, 3.63) is 33.3 Å². The molecule has 1 N–H and O–H groups in total. The molecule has 23 heavy (non-hydrogen) atoms. The molecule has 3 aliphatic rings. The maximum atomic E-state index is 13.0. The molecular formula is C17H20Cl2N2O2.